The smallest absolute Gasteiger partial charge is 0.351 e. The fourth-order valence-electron chi connectivity index (χ4n) is 1.86. The standard InChI is InChI=1S/C14H14ClNO5S/c1-4-20-9(17)6-21-11-10-8(5-7(2)16-13(10)15)22-12(11)14(18)19-3/h5H,4,6H2,1-3H3. The highest BCUT2D eigenvalue weighted by molar-refractivity contribution is 7.21. The van der Waals surface area contributed by atoms with Gasteiger partial charge in [-0.3, -0.25) is 0 Å². The molecule has 0 spiro atoms. The van der Waals surface area contributed by atoms with Gasteiger partial charge in [0.05, 0.1) is 19.1 Å². The number of ether oxygens (including phenoxy) is 3. The maximum absolute atomic E-state index is 11.9. The molecule has 0 unspecified atom stereocenters. The number of fused-ring (bicyclic) bond motifs is 1. The SMILES string of the molecule is CCOC(=O)COc1c(C(=O)OC)sc2cc(C)nc(Cl)c12. The zero-order chi connectivity index (χ0) is 16.3. The molecule has 0 fully saturated rings. The number of hydrogen-bond donors (Lipinski definition) is 0. The van der Waals surface area contributed by atoms with Crippen molar-refractivity contribution in [1.29, 1.82) is 0 Å². The van der Waals surface area contributed by atoms with E-state index in [1.165, 1.54) is 18.4 Å². The van der Waals surface area contributed by atoms with Crippen molar-refractivity contribution < 1.29 is 23.8 Å². The number of halogens is 1. The normalized spacial score (nSPS) is 10.5. The minimum atomic E-state index is -0.561. The quantitative estimate of drug-likeness (QED) is 0.613. The Morgan fingerprint density at radius 3 is 2.77 bits per heavy atom. The van der Waals surface area contributed by atoms with E-state index < -0.39 is 11.9 Å². The van der Waals surface area contributed by atoms with Gasteiger partial charge in [0, 0.05) is 10.4 Å². The molecule has 22 heavy (non-hydrogen) atoms. The molecular formula is C14H14ClNO5S. The molecule has 0 aliphatic rings. The van der Waals surface area contributed by atoms with Gasteiger partial charge in [-0.2, -0.15) is 0 Å². The Hall–Kier alpha value is -1.86. The van der Waals surface area contributed by atoms with Crippen LogP contribution in [-0.2, 0) is 14.3 Å². The second-order valence-corrected chi connectivity index (χ2v) is 5.68. The summed E-state index contributed by atoms with van der Waals surface area (Å²) in [6.07, 6.45) is 0. The number of carbonyl (C=O) groups is 2. The van der Waals surface area contributed by atoms with Crippen LogP contribution in [0, 0.1) is 6.92 Å². The summed E-state index contributed by atoms with van der Waals surface area (Å²) >= 11 is 7.33. The molecule has 2 heterocycles. The molecule has 2 rings (SSSR count). The van der Waals surface area contributed by atoms with Crippen molar-refractivity contribution in [2.75, 3.05) is 20.3 Å². The number of esters is 2. The van der Waals surface area contributed by atoms with Gasteiger partial charge in [0.1, 0.15) is 5.15 Å². The maximum Gasteiger partial charge on any atom is 0.351 e. The molecule has 0 saturated carbocycles. The van der Waals surface area contributed by atoms with Crippen LogP contribution in [0.5, 0.6) is 5.75 Å². The van der Waals surface area contributed by atoms with Gasteiger partial charge in [0.25, 0.3) is 0 Å². The molecular weight excluding hydrogens is 330 g/mol. The number of pyridine rings is 1. The number of nitrogens with zero attached hydrogens (tertiary/aromatic N) is 1. The third-order valence-corrected chi connectivity index (χ3v) is 4.09. The Kier molecular flexibility index (Phi) is 5.20. The predicted octanol–water partition coefficient (Wildman–Crippen LogP) is 2.99. The van der Waals surface area contributed by atoms with Crippen molar-refractivity contribution in [3.05, 3.63) is 21.8 Å². The lowest BCUT2D eigenvalue weighted by atomic mass is 10.2. The highest BCUT2D eigenvalue weighted by Gasteiger charge is 2.24. The second-order valence-electron chi connectivity index (χ2n) is 4.27. The van der Waals surface area contributed by atoms with Gasteiger partial charge in [-0.25, -0.2) is 14.6 Å². The van der Waals surface area contributed by atoms with Gasteiger partial charge in [0.15, 0.2) is 17.2 Å². The predicted molar refractivity (Wildman–Crippen MR) is 82.8 cm³/mol. The van der Waals surface area contributed by atoms with E-state index >= 15 is 0 Å². The number of aryl methyl sites for hydroxylation is 1. The van der Waals surface area contributed by atoms with Crippen LogP contribution in [-0.4, -0.2) is 37.2 Å². The number of aromatic nitrogens is 1. The summed E-state index contributed by atoms with van der Waals surface area (Å²) in [5, 5.41) is 0.697. The van der Waals surface area contributed by atoms with Crippen molar-refractivity contribution in [1.82, 2.24) is 4.98 Å². The Balaban J connectivity index is 2.48. The van der Waals surface area contributed by atoms with Crippen molar-refractivity contribution in [3.63, 3.8) is 0 Å². The van der Waals surface area contributed by atoms with E-state index in [0.717, 1.165) is 4.70 Å². The Labute approximate surface area is 135 Å². The zero-order valence-electron chi connectivity index (χ0n) is 12.3. The first-order valence-electron chi connectivity index (χ1n) is 6.44. The fourth-order valence-corrected chi connectivity index (χ4v) is 3.40. The highest BCUT2D eigenvalue weighted by Crippen LogP contribution is 2.41. The Morgan fingerprint density at radius 2 is 2.14 bits per heavy atom. The van der Waals surface area contributed by atoms with E-state index in [9.17, 15) is 9.59 Å². The first-order chi connectivity index (χ1) is 10.5. The average molecular weight is 344 g/mol. The summed E-state index contributed by atoms with van der Waals surface area (Å²) in [6.45, 7) is 3.41. The summed E-state index contributed by atoms with van der Waals surface area (Å²) in [6, 6.07) is 1.79. The lowest BCUT2D eigenvalue weighted by Crippen LogP contribution is -2.15. The number of thiophene rings is 1. The van der Waals surface area contributed by atoms with Crippen molar-refractivity contribution in [2.45, 2.75) is 13.8 Å². The van der Waals surface area contributed by atoms with Crippen LogP contribution in [0.15, 0.2) is 6.07 Å². The molecule has 0 bridgehead atoms. The van der Waals surface area contributed by atoms with E-state index in [1.54, 1.807) is 19.9 Å². The van der Waals surface area contributed by atoms with E-state index in [-0.39, 0.29) is 29.0 Å². The Morgan fingerprint density at radius 1 is 1.41 bits per heavy atom. The van der Waals surface area contributed by atoms with Crippen LogP contribution >= 0.6 is 22.9 Å². The zero-order valence-corrected chi connectivity index (χ0v) is 13.8. The number of carbonyl (C=O) groups excluding carboxylic acids is 2. The molecule has 2 aromatic heterocycles. The second kappa shape index (κ2) is 6.93. The minimum Gasteiger partial charge on any atom is -0.479 e. The number of hydrogen-bond acceptors (Lipinski definition) is 7. The molecule has 0 aromatic carbocycles. The topological polar surface area (TPSA) is 74.7 Å². The van der Waals surface area contributed by atoms with Crippen LogP contribution < -0.4 is 4.74 Å². The van der Waals surface area contributed by atoms with Crippen molar-refractivity contribution in [2.24, 2.45) is 0 Å². The van der Waals surface area contributed by atoms with Crippen LogP contribution in [0.1, 0.15) is 22.3 Å². The summed E-state index contributed by atoms with van der Waals surface area (Å²) in [5.74, 6) is -0.903. The number of rotatable bonds is 5. The molecule has 6 nitrogen and oxygen atoms in total. The van der Waals surface area contributed by atoms with Gasteiger partial charge in [0.2, 0.25) is 0 Å². The van der Waals surface area contributed by atoms with Crippen LogP contribution in [0.2, 0.25) is 5.15 Å². The van der Waals surface area contributed by atoms with E-state index in [4.69, 9.17) is 25.8 Å². The van der Waals surface area contributed by atoms with Gasteiger partial charge >= 0.3 is 11.9 Å². The third kappa shape index (κ3) is 3.31. The molecule has 8 heteroatoms. The fraction of sp³-hybridized carbons (Fsp3) is 0.357. The van der Waals surface area contributed by atoms with Gasteiger partial charge in [-0.15, -0.1) is 11.3 Å². The molecule has 2 aromatic rings. The molecule has 0 radical (unpaired) electrons. The van der Waals surface area contributed by atoms with Crippen molar-refractivity contribution in [3.8, 4) is 5.75 Å². The van der Waals surface area contributed by atoms with Crippen LogP contribution in [0.25, 0.3) is 10.1 Å². The lowest BCUT2D eigenvalue weighted by Gasteiger charge is -2.07. The van der Waals surface area contributed by atoms with Crippen LogP contribution in [0.3, 0.4) is 0 Å². The summed E-state index contributed by atoms with van der Waals surface area (Å²) in [7, 11) is 1.27. The number of methoxy groups -OCH3 is 1. The molecule has 0 aliphatic carbocycles. The molecule has 0 atom stereocenters. The first-order valence-corrected chi connectivity index (χ1v) is 7.63. The van der Waals surface area contributed by atoms with E-state index in [2.05, 4.69) is 4.98 Å². The Bertz CT molecular complexity index is 728. The van der Waals surface area contributed by atoms with Crippen molar-refractivity contribution >= 4 is 45.0 Å². The lowest BCUT2D eigenvalue weighted by molar-refractivity contribution is -0.145. The summed E-state index contributed by atoms with van der Waals surface area (Å²) in [4.78, 5) is 27.7. The summed E-state index contributed by atoms with van der Waals surface area (Å²) in [5.41, 5.74) is 0.715. The molecule has 0 amide bonds. The minimum absolute atomic E-state index is 0.192. The largest absolute Gasteiger partial charge is 0.479 e. The monoisotopic (exact) mass is 343 g/mol. The van der Waals surface area contributed by atoms with E-state index in [0.29, 0.717) is 11.1 Å². The van der Waals surface area contributed by atoms with Gasteiger partial charge < -0.3 is 14.2 Å². The average Bonchev–Trinajstić information content (AvgIpc) is 2.83. The molecule has 0 saturated heterocycles. The third-order valence-electron chi connectivity index (χ3n) is 2.72. The molecule has 0 aliphatic heterocycles. The summed E-state index contributed by atoms with van der Waals surface area (Å²) < 4.78 is 15.7. The van der Waals surface area contributed by atoms with E-state index in [1.807, 2.05) is 0 Å². The first kappa shape index (κ1) is 16.5. The highest BCUT2D eigenvalue weighted by atomic mass is 35.5. The molecule has 118 valence electrons. The van der Waals surface area contributed by atoms with Crippen LogP contribution in [0.4, 0.5) is 0 Å². The van der Waals surface area contributed by atoms with Gasteiger partial charge in [-0.05, 0) is 19.9 Å². The van der Waals surface area contributed by atoms with Gasteiger partial charge in [-0.1, -0.05) is 11.6 Å². The molecule has 0 N–H and O–H groups in total. The maximum atomic E-state index is 11.9.